The Morgan fingerprint density at radius 3 is 2.48 bits per heavy atom. The van der Waals surface area contributed by atoms with E-state index in [-0.39, 0.29) is 11.8 Å². The van der Waals surface area contributed by atoms with E-state index >= 15 is 0 Å². The first-order chi connectivity index (χ1) is 9.97. The molecule has 0 aromatic carbocycles. The van der Waals surface area contributed by atoms with Crippen LogP contribution in [0.25, 0.3) is 0 Å². The number of nitrogens with zero attached hydrogens (tertiary/aromatic N) is 2. The number of carbonyl (C=O) groups excluding carboxylic acids is 2. The number of hydrogen-bond donors (Lipinski definition) is 0. The maximum Gasteiger partial charge on any atom is 0.264 e. The molecule has 0 saturated carbocycles. The smallest absolute Gasteiger partial charge is 0.264 e. The van der Waals surface area contributed by atoms with Crippen molar-refractivity contribution >= 4 is 34.8 Å². The van der Waals surface area contributed by atoms with Crippen LogP contribution in [0.5, 0.6) is 0 Å². The predicted octanol–water partition coefficient (Wildman–Crippen LogP) is 3.12. The van der Waals surface area contributed by atoms with Crippen LogP contribution in [0.4, 0.5) is 0 Å². The van der Waals surface area contributed by atoms with Gasteiger partial charge in [0.1, 0.15) is 0 Å². The van der Waals surface area contributed by atoms with Gasteiger partial charge in [0.15, 0.2) is 0 Å². The topological polar surface area (TPSA) is 40.6 Å². The fourth-order valence-electron chi connectivity index (χ4n) is 2.43. The number of hydrogen-bond acceptors (Lipinski definition) is 3. The van der Waals surface area contributed by atoms with Crippen LogP contribution in [-0.2, 0) is 4.79 Å². The second-order valence-electron chi connectivity index (χ2n) is 5.73. The zero-order chi connectivity index (χ0) is 15.4. The molecule has 2 amide bonds. The molecule has 4 nitrogen and oxygen atoms in total. The molecule has 0 spiro atoms. The van der Waals surface area contributed by atoms with Crippen molar-refractivity contribution in [1.29, 1.82) is 0 Å². The molecule has 1 aliphatic rings. The van der Waals surface area contributed by atoms with E-state index in [1.54, 1.807) is 12.1 Å². The van der Waals surface area contributed by atoms with E-state index < -0.39 is 0 Å². The SMILES string of the molecule is CC(C)CC(=O)N1CCCN(C(=O)c2ccc(Cl)s2)CC1. The number of halogens is 1. The summed E-state index contributed by atoms with van der Waals surface area (Å²) in [5.74, 6) is 0.579. The highest BCUT2D eigenvalue weighted by molar-refractivity contribution is 7.17. The van der Waals surface area contributed by atoms with Gasteiger partial charge in [0.2, 0.25) is 5.91 Å². The monoisotopic (exact) mass is 328 g/mol. The minimum Gasteiger partial charge on any atom is -0.341 e. The minimum absolute atomic E-state index is 0.0186. The Labute approximate surface area is 134 Å². The predicted molar refractivity (Wildman–Crippen MR) is 85.9 cm³/mol. The molecule has 0 radical (unpaired) electrons. The normalized spacial score (nSPS) is 16.2. The first-order valence-electron chi connectivity index (χ1n) is 7.29. The van der Waals surface area contributed by atoms with Gasteiger partial charge in [-0.3, -0.25) is 9.59 Å². The molecule has 0 atom stereocenters. The summed E-state index contributed by atoms with van der Waals surface area (Å²) in [7, 11) is 0. The van der Waals surface area contributed by atoms with E-state index in [2.05, 4.69) is 0 Å². The lowest BCUT2D eigenvalue weighted by Gasteiger charge is -2.22. The summed E-state index contributed by atoms with van der Waals surface area (Å²) >= 11 is 7.19. The van der Waals surface area contributed by atoms with Gasteiger partial charge in [-0.25, -0.2) is 0 Å². The molecule has 0 bridgehead atoms. The fraction of sp³-hybridized carbons (Fsp3) is 0.600. The lowest BCUT2D eigenvalue weighted by Crippen LogP contribution is -2.37. The summed E-state index contributed by atoms with van der Waals surface area (Å²) in [6, 6.07) is 3.51. The summed E-state index contributed by atoms with van der Waals surface area (Å²) in [4.78, 5) is 28.9. The average molecular weight is 329 g/mol. The highest BCUT2D eigenvalue weighted by Gasteiger charge is 2.23. The number of amides is 2. The highest BCUT2D eigenvalue weighted by atomic mass is 35.5. The van der Waals surface area contributed by atoms with E-state index in [9.17, 15) is 9.59 Å². The Kier molecular flexibility index (Phi) is 5.65. The highest BCUT2D eigenvalue weighted by Crippen LogP contribution is 2.23. The molecule has 1 fully saturated rings. The van der Waals surface area contributed by atoms with Crippen LogP contribution in [-0.4, -0.2) is 47.8 Å². The molecule has 21 heavy (non-hydrogen) atoms. The van der Waals surface area contributed by atoms with E-state index in [1.165, 1.54) is 11.3 Å². The summed E-state index contributed by atoms with van der Waals surface area (Å²) in [5.41, 5.74) is 0. The number of rotatable bonds is 3. The summed E-state index contributed by atoms with van der Waals surface area (Å²) in [5, 5.41) is 0. The van der Waals surface area contributed by atoms with Gasteiger partial charge in [-0.15, -0.1) is 11.3 Å². The van der Waals surface area contributed by atoms with Gasteiger partial charge in [-0.05, 0) is 24.5 Å². The third-order valence-corrected chi connectivity index (χ3v) is 4.72. The van der Waals surface area contributed by atoms with E-state index in [0.717, 1.165) is 13.0 Å². The molecular weight excluding hydrogens is 308 g/mol. The molecule has 1 saturated heterocycles. The molecule has 0 unspecified atom stereocenters. The Morgan fingerprint density at radius 1 is 1.19 bits per heavy atom. The Morgan fingerprint density at radius 2 is 1.86 bits per heavy atom. The van der Waals surface area contributed by atoms with Crippen molar-refractivity contribution in [3.05, 3.63) is 21.3 Å². The zero-order valence-corrected chi connectivity index (χ0v) is 14.0. The van der Waals surface area contributed by atoms with Crippen molar-refractivity contribution in [3.63, 3.8) is 0 Å². The molecule has 2 heterocycles. The maximum absolute atomic E-state index is 12.4. The Balaban J connectivity index is 1.94. The van der Waals surface area contributed by atoms with Crippen LogP contribution in [0.2, 0.25) is 4.34 Å². The van der Waals surface area contributed by atoms with Crippen LogP contribution in [0, 0.1) is 5.92 Å². The zero-order valence-electron chi connectivity index (χ0n) is 12.5. The molecule has 2 rings (SSSR count). The van der Waals surface area contributed by atoms with Crippen LogP contribution in [0.3, 0.4) is 0 Å². The standard InChI is InChI=1S/C15H21ClN2O2S/c1-11(2)10-14(19)17-6-3-7-18(9-8-17)15(20)12-4-5-13(16)21-12/h4-5,11H,3,6-10H2,1-2H3. The van der Waals surface area contributed by atoms with Crippen molar-refractivity contribution in [2.24, 2.45) is 5.92 Å². The quantitative estimate of drug-likeness (QED) is 0.855. The Bertz CT molecular complexity index is 516. The average Bonchev–Trinajstić information content (AvgIpc) is 2.71. The van der Waals surface area contributed by atoms with Crippen molar-refractivity contribution in [1.82, 2.24) is 9.80 Å². The summed E-state index contributed by atoms with van der Waals surface area (Å²) < 4.78 is 0.627. The van der Waals surface area contributed by atoms with E-state index in [4.69, 9.17) is 11.6 Å². The van der Waals surface area contributed by atoms with Gasteiger partial charge in [-0.2, -0.15) is 0 Å². The third kappa shape index (κ3) is 4.45. The van der Waals surface area contributed by atoms with Crippen molar-refractivity contribution < 1.29 is 9.59 Å². The number of thiophene rings is 1. The van der Waals surface area contributed by atoms with Gasteiger partial charge in [0.25, 0.3) is 5.91 Å². The van der Waals surface area contributed by atoms with Gasteiger partial charge in [-0.1, -0.05) is 25.4 Å². The van der Waals surface area contributed by atoms with Gasteiger partial charge >= 0.3 is 0 Å². The first-order valence-corrected chi connectivity index (χ1v) is 8.49. The van der Waals surface area contributed by atoms with E-state index in [0.29, 0.717) is 41.2 Å². The molecule has 0 aliphatic carbocycles. The molecular formula is C15H21ClN2O2S. The molecule has 0 N–H and O–H groups in total. The van der Waals surface area contributed by atoms with Crippen molar-refractivity contribution in [2.75, 3.05) is 26.2 Å². The van der Waals surface area contributed by atoms with E-state index in [1.807, 2.05) is 23.6 Å². The lowest BCUT2D eigenvalue weighted by molar-refractivity contribution is -0.131. The van der Waals surface area contributed by atoms with Gasteiger partial charge < -0.3 is 9.80 Å². The van der Waals surface area contributed by atoms with Gasteiger partial charge in [0.05, 0.1) is 9.21 Å². The molecule has 116 valence electrons. The van der Waals surface area contributed by atoms with Gasteiger partial charge in [0, 0.05) is 32.6 Å². The lowest BCUT2D eigenvalue weighted by atomic mass is 10.1. The van der Waals surface area contributed by atoms with Crippen molar-refractivity contribution in [2.45, 2.75) is 26.7 Å². The third-order valence-electron chi connectivity index (χ3n) is 3.50. The molecule has 1 aliphatic heterocycles. The maximum atomic E-state index is 12.4. The summed E-state index contributed by atoms with van der Waals surface area (Å²) in [6.07, 6.45) is 1.41. The van der Waals surface area contributed by atoms with Crippen LogP contribution < -0.4 is 0 Å². The number of carbonyl (C=O) groups is 2. The van der Waals surface area contributed by atoms with Crippen LogP contribution >= 0.6 is 22.9 Å². The fourth-order valence-corrected chi connectivity index (χ4v) is 3.44. The Hall–Kier alpha value is -1.07. The second-order valence-corrected chi connectivity index (χ2v) is 7.44. The second kappa shape index (κ2) is 7.27. The van der Waals surface area contributed by atoms with Crippen LogP contribution in [0.1, 0.15) is 36.4 Å². The molecule has 1 aromatic heterocycles. The van der Waals surface area contributed by atoms with Crippen molar-refractivity contribution in [3.8, 4) is 0 Å². The molecule has 1 aromatic rings. The van der Waals surface area contributed by atoms with Crippen LogP contribution in [0.15, 0.2) is 12.1 Å². The minimum atomic E-state index is 0.0186. The largest absolute Gasteiger partial charge is 0.341 e. The molecule has 6 heteroatoms. The first kappa shape index (κ1) is 16.3. The summed E-state index contributed by atoms with van der Waals surface area (Å²) in [6.45, 7) is 6.74.